The van der Waals surface area contributed by atoms with Gasteiger partial charge in [-0.25, -0.2) is 0 Å². The SMILES string of the molecule is NNC(c1ccc2c(c1)CCC2)C1CCOC1. The number of hydrazine groups is 1. The maximum atomic E-state index is 5.72. The molecule has 0 amide bonds. The van der Waals surface area contributed by atoms with E-state index in [9.17, 15) is 0 Å². The Balaban J connectivity index is 1.85. The van der Waals surface area contributed by atoms with Crippen LogP contribution >= 0.6 is 0 Å². The lowest BCUT2D eigenvalue weighted by Gasteiger charge is -2.22. The molecule has 1 heterocycles. The molecule has 0 bridgehead atoms. The Morgan fingerprint density at radius 1 is 1.29 bits per heavy atom. The normalized spacial score (nSPS) is 24.9. The number of benzene rings is 1. The molecule has 3 rings (SSSR count). The Morgan fingerprint density at radius 2 is 2.18 bits per heavy atom. The molecule has 1 aliphatic heterocycles. The lowest BCUT2D eigenvalue weighted by molar-refractivity contribution is 0.177. The number of aryl methyl sites for hydroxylation is 2. The Labute approximate surface area is 102 Å². The fraction of sp³-hybridized carbons (Fsp3) is 0.571. The second kappa shape index (κ2) is 4.77. The lowest BCUT2D eigenvalue weighted by atomic mass is 9.91. The highest BCUT2D eigenvalue weighted by atomic mass is 16.5. The van der Waals surface area contributed by atoms with Crippen molar-refractivity contribution in [3.8, 4) is 0 Å². The first kappa shape index (κ1) is 11.2. The fourth-order valence-corrected chi connectivity index (χ4v) is 3.11. The summed E-state index contributed by atoms with van der Waals surface area (Å²) in [7, 11) is 0. The van der Waals surface area contributed by atoms with Crippen molar-refractivity contribution in [1.82, 2.24) is 5.43 Å². The highest BCUT2D eigenvalue weighted by Crippen LogP contribution is 2.31. The molecule has 3 N–H and O–H groups in total. The molecule has 1 aromatic carbocycles. The van der Waals surface area contributed by atoms with Crippen LogP contribution in [0.15, 0.2) is 18.2 Å². The predicted octanol–water partition coefficient (Wildman–Crippen LogP) is 1.72. The van der Waals surface area contributed by atoms with Gasteiger partial charge in [-0.2, -0.15) is 0 Å². The summed E-state index contributed by atoms with van der Waals surface area (Å²) >= 11 is 0. The van der Waals surface area contributed by atoms with E-state index in [1.165, 1.54) is 36.0 Å². The van der Waals surface area contributed by atoms with E-state index >= 15 is 0 Å². The lowest BCUT2D eigenvalue weighted by Crippen LogP contribution is -2.33. The van der Waals surface area contributed by atoms with Crippen molar-refractivity contribution >= 4 is 0 Å². The van der Waals surface area contributed by atoms with Crippen LogP contribution in [-0.2, 0) is 17.6 Å². The quantitative estimate of drug-likeness (QED) is 0.616. The number of hydrogen-bond donors (Lipinski definition) is 2. The second-order valence-corrected chi connectivity index (χ2v) is 5.15. The molecule has 1 aromatic rings. The molecular formula is C14H20N2O. The van der Waals surface area contributed by atoms with E-state index in [2.05, 4.69) is 23.6 Å². The van der Waals surface area contributed by atoms with Gasteiger partial charge in [0.25, 0.3) is 0 Å². The first-order chi connectivity index (χ1) is 8.38. The highest BCUT2D eigenvalue weighted by Gasteiger charge is 2.27. The summed E-state index contributed by atoms with van der Waals surface area (Å²) in [6, 6.07) is 7.08. The molecule has 0 aromatic heterocycles. The van der Waals surface area contributed by atoms with Crippen LogP contribution in [0.5, 0.6) is 0 Å². The molecule has 0 saturated carbocycles. The summed E-state index contributed by atoms with van der Waals surface area (Å²) < 4.78 is 5.46. The van der Waals surface area contributed by atoms with Crippen molar-refractivity contribution in [3.05, 3.63) is 34.9 Å². The van der Waals surface area contributed by atoms with Gasteiger partial charge < -0.3 is 4.74 Å². The van der Waals surface area contributed by atoms with Gasteiger partial charge >= 0.3 is 0 Å². The number of ether oxygens (including phenoxy) is 1. The molecule has 0 spiro atoms. The number of rotatable bonds is 3. The van der Waals surface area contributed by atoms with Crippen molar-refractivity contribution < 1.29 is 4.74 Å². The fourth-order valence-electron chi connectivity index (χ4n) is 3.11. The zero-order valence-electron chi connectivity index (χ0n) is 10.1. The van der Waals surface area contributed by atoms with Crippen LogP contribution in [0.1, 0.15) is 35.6 Å². The standard InChI is InChI=1S/C14H20N2O/c15-16-14(13-6-7-17-9-13)12-5-4-10-2-1-3-11(10)8-12/h4-5,8,13-14,16H,1-3,6-7,9,15H2. The Morgan fingerprint density at radius 3 is 2.94 bits per heavy atom. The van der Waals surface area contributed by atoms with E-state index in [1.807, 2.05) is 0 Å². The molecule has 1 aliphatic carbocycles. The topological polar surface area (TPSA) is 47.3 Å². The van der Waals surface area contributed by atoms with E-state index in [0.717, 1.165) is 19.6 Å². The molecule has 1 saturated heterocycles. The van der Waals surface area contributed by atoms with Crippen LogP contribution in [-0.4, -0.2) is 13.2 Å². The van der Waals surface area contributed by atoms with Crippen LogP contribution < -0.4 is 11.3 Å². The molecule has 1 fully saturated rings. The molecule has 0 radical (unpaired) electrons. The summed E-state index contributed by atoms with van der Waals surface area (Å²) in [5.74, 6) is 6.24. The predicted molar refractivity (Wildman–Crippen MR) is 67.5 cm³/mol. The summed E-state index contributed by atoms with van der Waals surface area (Å²) in [6.07, 6.45) is 4.86. The smallest absolute Gasteiger partial charge is 0.0513 e. The largest absolute Gasteiger partial charge is 0.381 e. The average Bonchev–Trinajstić information content (AvgIpc) is 2.99. The van der Waals surface area contributed by atoms with E-state index in [4.69, 9.17) is 10.6 Å². The van der Waals surface area contributed by atoms with Crippen molar-refractivity contribution in [3.63, 3.8) is 0 Å². The van der Waals surface area contributed by atoms with Gasteiger partial charge in [-0.05, 0) is 42.4 Å². The molecular weight excluding hydrogens is 212 g/mol. The molecule has 2 unspecified atom stereocenters. The number of fused-ring (bicyclic) bond motifs is 1. The van der Waals surface area contributed by atoms with Crippen molar-refractivity contribution in [2.24, 2.45) is 11.8 Å². The van der Waals surface area contributed by atoms with Gasteiger partial charge in [0.2, 0.25) is 0 Å². The zero-order chi connectivity index (χ0) is 11.7. The van der Waals surface area contributed by atoms with E-state index in [-0.39, 0.29) is 6.04 Å². The van der Waals surface area contributed by atoms with Gasteiger partial charge in [-0.15, -0.1) is 0 Å². The number of hydrogen-bond acceptors (Lipinski definition) is 3. The Hall–Kier alpha value is -0.900. The van der Waals surface area contributed by atoms with Crippen molar-refractivity contribution in [1.29, 1.82) is 0 Å². The van der Waals surface area contributed by atoms with Crippen LogP contribution in [0.3, 0.4) is 0 Å². The molecule has 2 aliphatic rings. The first-order valence-electron chi connectivity index (χ1n) is 6.54. The minimum Gasteiger partial charge on any atom is -0.381 e. The molecule has 3 heteroatoms. The maximum Gasteiger partial charge on any atom is 0.0513 e. The van der Waals surface area contributed by atoms with Crippen molar-refractivity contribution in [2.45, 2.75) is 31.7 Å². The van der Waals surface area contributed by atoms with Crippen LogP contribution in [0.4, 0.5) is 0 Å². The zero-order valence-corrected chi connectivity index (χ0v) is 10.1. The average molecular weight is 232 g/mol. The molecule has 3 nitrogen and oxygen atoms in total. The second-order valence-electron chi connectivity index (χ2n) is 5.15. The van der Waals surface area contributed by atoms with E-state index in [1.54, 1.807) is 0 Å². The first-order valence-corrected chi connectivity index (χ1v) is 6.54. The van der Waals surface area contributed by atoms with Crippen LogP contribution in [0, 0.1) is 5.92 Å². The monoisotopic (exact) mass is 232 g/mol. The third-order valence-electron chi connectivity index (χ3n) is 4.10. The third-order valence-corrected chi connectivity index (χ3v) is 4.10. The van der Waals surface area contributed by atoms with Crippen molar-refractivity contribution in [2.75, 3.05) is 13.2 Å². The van der Waals surface area contributed by atoms with E-state index < -0.39 is 0 Å². The maximum absolute atomic E-state index is 5.72. The van der Waals surface area contributed by atoms with Gasteiger partial charge in [0.15, 0.2) is 0 Å². The van der Waals surface area contributed by atoms with Gasteiger partial charge in [-0.3, -0.25) is 11.3 Å². The summed E-state index contributed by atoms with van der Waals surface area (Å²) in [5, 5.41) is 0. The van der Waals surface area contributed by atoms with Crippen LogP contribution in [0.2, 0.25) is 0 Å². The van der Waals surface area contributed by atoms with Gasteiger partial charge in [-0.1, -0.05) is 18.2 Å². The number of nitrogens with one attached hydrogen (secondary N) is 1. The van der Waals surface area contributed by atoms with Crippen LogP contribution in [0.25, 0.3) is 0 Å². The molecule has 2 atom stereocenters. The van der Waals surface area contributed by atoms with Gasteiger partial charge in [0, 0.05) is 12.5 Å². The summed E-state index contributed by atoms with van der Waals surface area (Å²) in [4.78, 5) is 0. The minimum absolute atomic E-state index is 0.239. The summed E-state index contributed by atoms with van der Waals surface area (Å²) in [6.45, 7) is 1.69. The highest BCUT2D eigenvalue weighted by molar-refractivity contribution is 5.36. The summed E-state index contributed by atoms with van der Waals surface area (Å²) in [5.41, 5.74) is 7.33. The third kappa shape index (κ3) is 2.10. The minimum atomic E-state index is 0.239. The van der Waals surface area contributed by atoms with Gasteiger partial charge in [0.05, 0.1) is 12.6 Å². The van der Waals surface area contributed by atoms with Gasteiger partial charge in [0.1, 0.15) is 0 Å². The Bertz CT molecular complexity index is 399. The Kier molecular flexibility index (Phi) is 3.14. The molecule has 92 valence electrons. The van der Waals surface area contributed by atoms with E-state index in [0.29, 0.717) is 5.92 Å². The molecule has 17 heavy (non-hydrogen) atoms. The number of nitrogens with two attached hydrogens (primary N) is 1.